The van der Waals surface area contributed by atoms with Gasteiger partial charge in [-0.3, -0.25) is 14.9 Å². The van der Waals surface area contributed by atoms with E-state index in [1.165, 1.54) is 10.8 Å². The summed E-state index contributed by atoms with van der Waals surface area (Å²) in [7, 11) is -3.78. The molecule has 2 fully saturated rings. The van der Waals surface area contributed by atoms with Gasteiger partial charge < -0.3 is 15.4 Å². The van der Waals surface area contributed by atoms with E-state index in [9.17, 15) is 13.2 Å². The molecule has 14 heteroatoms. The monoisotopic (exact) mass is 585 g/mol. The highest BCUT2D eigenvalue weighted by Crippen LogP contribution is 2.42. The lowest BCUT2D eigenvalue weighted by atomic mass is 9.82. The van der Waals surface area contributed by atoms with Crippen molar-refractivity contribution in [3.63, 3.8) is 0 Å². The molecule has 0 aliphatic carbocycles. The number of nitrogens with zero attached hydrogens (tertiary/aromatic N) is 7. The first-order chi connectivity index (χ1) is 20.3. The van der Waals surface area contributed by atoms with Crippen LogP contribution in [0.1, 0.15) is 35.1 Å². The highest BCUT2D eigenvalue weighted by Gasteiger charge is 2.45. The van der Waals surface area contributed by atoms with E-state index in [0.717, 1.165) is 23.1 Å². The third-order valence-corrected chi connectivity index (χ3v) is 9.10. The molecule has 4 aromatic heterocycles. The number of rotatable bonds is 5. The molecule has 5 aromatic rings. The Bertz CT molecular complexity index is 1880. The lowest BCUT2D eigenvalue weighted by molar-refractivity contribution is -0.0625. The summed E-state index contributed by atoms with van der Waals surface area (Å²) in [6.45, 7) is 0.631. The quantitative estimate of drug-likeness (QED) is 0.311. The number of nitrogens with one attached hydrogen (secondary N) is 1. The molecular weight excluding hydrogens is 558 g/mol. The molecule has 13 nitrogen and oxygen atoms in total. The van der Waals surface area contributed by atoms with Crippen molar-refractivity contribution in [2.24, 2.45) is 0 Å². The molecule has 214 valence electrons. The number of aromatic amines is 1. The van der Waals surface area contributed by atoms with Crippen molar-refractivity contribution < 1.29 is 17.9 Å². The van der Waals surface area contributed by atoms with E-state index in [-0.39, 0.29) is 40.4 Å². The molecule has 0 spiro atoms. The molecule has 1 aromatic carbocycles. The third kappa shape index (κ3) is 4.39. The van der Waals surface area contributed by atoms with Crippen LogP contribution in [-0.4, -0.2) is 85.5 Å². The second-order valence-electron chi connectivity index (χ2n) is 10.6. The Morgan fingerprint density at radius 2 is 1.79 bits per heavy atom. The minimum atomic E-state index is -3.78. The summed E-state index contributed by atoms with van der Waals surface area (Å²) in [5.41, 5.74) is 10.6. The van der Waals surface area contributed by atoms with E-state index < -0.39 is 9.84 Å². The molecule has 42 heavy (non-hydrogen) atoms. The Balaban J connectivity index is 1.29. The van der Waals surface area contributed by atoms with Gasteiger partial charge in [0.05, 0.1) is 42.9 Å². The van der Waals surface area contributed by atoms with Crippen LogP contribution in [0.25, 0.3) is 28.0 Å². The van der Waals surface area contributed by atoms with Gasteiger partial charge in [-0.25, -0.2) is 18.4 Å². The van der Waals surface area contributed by atoms with Gasteiger partial charge in [0.25, 0.3) is 5.91 Å². The summed E-state index contributed by atoms with van der Waals surface area (Å²) in [5, 5.41) is 10.8. The number of aromatic nitrogens is 7. The smallest absolute Gasteiger partial charge is 0.291 e. The van der Waals surface area contributed by atoms with Crippen molar-refractivity contribution in [2.75, 3.05) is 25.2 Å². The molecule has 0 radical (unpaired) electrons. The number of fused-ring (bicyclic) bond motifs is 3. The van der Waals surface area contributed by atoms with Crippen LogP contribution in [0.15, 0.2) is 66.1 Å². The van der Waals surface area contributed by atoms with E-state index in [2.05, 4.69) is 25.3 Å². The van der Waals surface area contributed by atoms with Crippen molar-refractivity contribution in [1.82, 2.24) is 39.7 Å². The van der Waals surface area contributed by atoms with Gasteiger partial charge in [-0.2, -0.15) is 14.7 Å². The summed E-state index contributed by atoms with van der Waals surface area (Å²) < 4.78 is 33.4. The zero-order valence-corrected chi connectivity index (χ0v) is 23.4. The predicted octanol–water partition coefficient (Wildman–Crippen LogP) is 2.35. The number of benzene rings is 1. The van der Waals surface area contributed by atoms with E-state index >= 15 is 0 Å². The predicted molar refractivity (Wildman–Crippen MR) is 152 cm³/mol. The molecule has 0 saturated carbocycles. The summed E-state index contributed by atoms with van der Waals surface area (Å²) in [4.78, 5) is 28.6. The van der Waals surface area contributed by atoms with Crippen LogP contribution in [0.4, 0.5) is 5.82 Å². The van der Waals surface area contributed by atoms with Crippen molar-refractivity contribution in [3.05, 3.63) is 72.7 Å². The number of carbonyl (C=O) groups excluding carboxylic acids is 1. The van der Waals surface area contributed by atoms with Crippen molar-refractivity contribution in [2.45, 2.75) is 35.7 Å². The number of hydrogen-bond acceptors (Lipinski definition) is 10. The Morgan fingerprint density at radius 3 is 2.43 bits per heavy atom. The average Bonchev–Trinajstić information content (AvgIpc) is 3.67. The largest absolute Gasteiger partial charge is 0.382 e. The van der Waals surface area contributed by atoms with Gasteiger partial charge in [0.1, 0.15) is 17.0 Å². The standard InChI is InChI=1S/C28H27N9O4S/c1-42(39,40)24-23(18-9-19-13-41-14-20(10-18)36(19)28(38)26-31-15-32-35-26)34-27-21(12-33-37(27)25(24)29)17-7-8-22(30-11-17)16-5-3-2-4-6-16/h2-8,11-12,15,18-20H,9-10,13-14,29H2,1H3,(H,31,32,35). The molecule has 6 heterocycles. The van der Waals surface area contributed by atoms with Crippen molar-refractivity contribution >= 4 is 27.2 Å². The van der Waals surface area contributed by atoms with Crippen LogP contribution >= 0.6 is 0 Å². The number of amides is 1. The lowest BCUT2D eigenvalue weighted by Crippen LogP contribution is -2.59. The molecule has 2 atom stereocenters. The number of nitrogen functional groups attached to an aromatic ring is 1. The van der Waals surface area contributed by atoms with Crippen LogP contribution < -0.4 is 5.73 Å². The van der Waals surface area contributed by atoms with Crippen LogP contribution in [0.3, 0.4) is 0 Å². The number of H-pyrrole nitrogens is 1. The molecule has 7 rings (SSSR count). The van der Waals surface area contributed by atoms with Crippen LogP contribution in [-0.2, 0) is 14.6 Å². The van der Waals surface area contributed by atoms with Crippen LogP contribution in [0.5, 0.6) is 0 Å². The molecule has 3 N–H and O–H groups in total. The van der Waals surface area contributed by atoms with Gasteiger partial charge in [-0.1, -0.05) is 36.4 Å². The number of nitrogens with two attached hydrogens (primary N) is 1. The number of ether oxygens (including phenoxy) is 1. The Labute approximate surface area is 240 Å². The topological polar surface area (TPSA) is 174 Å². The van der Waals surface area contributed by atoms with Crippen molar-refractivity contribution in [1.29, 1.82) is 0 Å². The number of anilines is 1. The minimum absolute atomic E-state index is 0.000750. The first kappa shape index (κ1) is 26.2. The molecule has 2 unspecified atom stereocenters. The normalized spacial score (nSPS) is 20.6. The lowest BCUT2D eigenvalue weighted by Gasteiger charge is -2.48. The third-order valence-electron chi connectivity index (χ3n) is 7.94. The highest BCUT2D eigenvalue weighted by atomic mass is 32.2. The van der Waals surface area contributed by atoms with Gasteiger partial charge in [-0.15, -0.1) is 0 Å². The van der Waals surface area contributed by atoms with E-state index in [4.69, 9.17) is 15.5 Å². The average molecular weight is 586 g/mol. The molecule has 2 aliphatic heterocycles. The maximum atomic E-state index is 13.2. The number of carbonyl (C=O) groups is 1. The Morgan fingerprint density at radius 1 is 1.02 bits per heavy atom. The summed E-state index contributed by atoms with van der Waals surface area (Å²) in [6, 6.07) is 13.1. The second kappa shape index (κ2) is 9.99. The van der Waals surface area contributed by atoms with Gasteiger partial charge in [0.2, 0.25) is 5.82 Å². The fourth-order valence-corrected chi connectivity index (χ4v) is 7.17. The molecular formula is C28H27N9O4S. The maximum absolute atomic E-state index is 13.2. The number of piperidine rings is 1. The van der Waals surface area contributed by atoms with Gasteiger partial charge >= 0.3 is 0 Å². The second-order valence-corrected chi connectivity index (χ2v) is 12.6. The molecule has 2 bridgehead atoms. The first-order valence-electron chi connectivity index (χ1n) is 13.4. The minimum Gasteiger partial charge on any atom is -0.382 e. The van der Waals surface area contributed by atoms with E-state index in [0.29, 0.717) is 43.0 Å². The first-order valence-corrected chi connectivity index (χ1v) is 15.3. The van der Waals surface area contributed by atoms with Crippen LogP contribution in [0, 0.1) is 0 Å². The number of hydrogen-bond donors (Lipinski definition) is 2. The Hall–Kier alpha value is -4.69. The molecule has 2 saturated heterocycles. The zero-order chi connectivity index (χ0) is 29.0. The maximum Gasteiger partial charge on any atom is 0.291 e. The van der Waals surface area contributed by atoms with Gasteiger partial charge in [0.15, 0.2) is 15.5 Å². The Kier molecular flexibility index (Phi) is 6.24. The fourth-order valence-electron chi connectivity index (χ4n) is 6.11. The van der Waals surface area contributed by atoms with Crippen LogP contribution in [0.2, 0.25) is 0 Å². The van der Waals surface area contributed by atoms with Crippen molar-refractivity contribution in [3.8, 4) is 22.4 Å². The SMILES string of the molecule is CS(=O)(=O)c1c(C2CC3COCC(C2)N3C(=O)c2ncn[nH]2)nc2c(-c3ccc(-c4ccccc4)nc3)cnn2c1N. The molecule has 2 aliphatic rings. The highest BCUT2D eigenvalue weighted by molar-refractivity contribution is 7.91. The number of sulfone groups is 1. The van der Waals surface area contributed by atoms with Gasteiger partial charge in [0, 0.05) is 35.1 Å². The summed E-state index contributed by atoms with van der Waals surface area (Å²) in [5.74, 6) is -0.401. The zero-order valence-electron chi connectivity index (χ0n) is 22.6. The molecule has 1 amide bonds. The van der Waals surface area contributed by atoms with Gasteiger partial charge in [-0.05, 0) is 18.9 Å². The number of pyridine rings is 1. The fraction of sp³-hybridized carbons (Fsp3) is 0.286. The summed E-state index contributed by atoms with van der Waals surface area (Å²) in [6.07, 6.45) is 6.67. The summed E-state index contributed by atoms with van der Waals surface area (Å²) >= 11 is 0. The van der Waals surface area contributed by atoms with E-state index in [1.54, 1.807) is 17.3 Å². The van der Waals surface area contributed by atoms with E-state index in [1.807, 2.05) is 42.5 Å². The number of morpholine rings is 1.